The Morgan fingerprint density at radius 2 is 1.73 bits per heavy atom. The largest absolute Gasteiger partial charge is 0.386 e. The van der Waals surface area contributed by atoms with Gasteiger partial charge in [0, 0.05) is 5.56 Å². The van der Waals surface area contributed by atoms with E-state index in [1.807, 2.05) is 60.7 Å². The van der Waals surface area contributed by atoms with Gasteiger partial charge in [-0.2, -0.15) is 5.10 Å². The number of aryl methyl sites for hydroxylation is 1. The second kappa shape index (κ2) is 6.57. The molecule has 0 aliphatic rings. The van der Waals surface area contributed by atoms with Crippen molar-refractivity contribution in [2.45, 2.75) is 19.6 Å². The van der Waals surface area contributed by atoms with E-state index in [9.17, 15) is 9.90 Å². The first-order valence-corrected chi connectivity index (χ1v) is 8.30. The summed E-state index contributed by atoms with van der Waals surface area (Å²) in [6, 6.07) is 18.7. The number of aromatic nitrogens is 3. The second-order valence-electron chi connectivity index (χ2n) is 6.09. The van der Waals surface area contributed by atoms with Crippen LogP contribution in [-0.4, -0.2) is 20.0 Å². The Morgan fingerprint density at radius 1 is 1.08 bits per heavy atom. The predicted molar refractivity (Wildman–Crippen MR) is 97.6 cm³/mol. The van der Waals surface area contributed by atoms with Gasteiger partial charge in [0.05, 0.1) is 18.0 Å². The van der Waals surface area contributed by atoms with E-state index >= 15 is 0 Å². The highest BCUT2D eigenvalue weighted by Crippen LogP contribution is 2.27. The number of hydrogen-bond donors (Lipinski definition) is 1. The van der Waals surface area contributed by atoms with Crippen LogP contribution >= 0.6 is 0 Å². The number of aliphatic hydroxyl groups is 1. The summed E-state index contributed by atoms with van der Waals surface area (Å²) in [4.78, 5) is 12.8. The quantitative estimate of drug-likeness (QED) is 0.613. The van der Waals surface area contributed by atoms with Crippen molar-refractivity contribution in [3.05, 3.63) is 82.3 Å². The topological polar surface area (TPSA) is 81.2 Å². The molecule has 2 aromatic carbocycles. The van der Waals surface area contributed by atoms with Crippen molar-refractivity contribution >= 4 is 10.9 Å². The third-order valence-corrected chi connectivity index (χ3v) is 4.33. The lowest BCUT2D eigenvalue weighted by Gasteiger charge is -2.13. The van der Waals surface area contributed by atoms with Gasteiger partial charge in [0.1, 0.15) is 11.5 Å². The van der Waals surface area contributed by atoms with E-state index in [0.717, 1.165) is 11.1 Å². The Labute approximate surface area is 149 Å². The molecule has 4 rings (SSSR count). The van der Waals surface area contributed by atoms with E-state index in [1.165, 1.54) is 4.68 Å². The maximum absolute atomic E-state index is 12.8. The molecule has 1 atom stereocenters. The number of rotatable bonds is 4. The molecule has 0 amide bonds. The Balaban J connectivity index is 1.86. The second-order valence-corrected chi connectivity index (χ2v) is 6.09. The van der Waals surface area contributed by atoms with Crippen molar-refractivity contribution in [3.63, 3.8) is 0 Å². The van der Waals surface area contributed by atoms with Crippen LogP contribution in [0, 0.1) is 6.92 Å². The average molecular weight is 347 g/mol. The lowest BCUT2D eigenvalue weighted by atomic mass is 10.1. The van der Waals surface area contributed by atoms with E-state index in [0.29, 0.717) is 16.8 Å². The minimum absolute atomic E-state index is 0.0323. The van der Waals surface area contributed by atoms with Crippen LogP contribution in [0.4, 0.5) is 0 Å². The van der Waals surface area contributed by atoms with Crippen LogP contribution < -0.4 is 5.56 Å². The minimum atomic E-state index is -0.851. The molecule has 6 heteroatoms. The summed E-state index contributed by atoms with van der Waals surface area (Å²) in [7, 11) is 0. The van der Waals surface area contributed by atoms with E-state index in [2.05, 4.69) is 10.3 Å². The van der Waals surface area contributed by atoms with Crippen LogP contribution in [-0.2, 0) is 6.54 Å². The molecule has 0 spiro atoms. The van der Waals surface area contributed by atoms with Gasteiger partial charge in [-0.15, -0.1) is 0 Å². The van der Waals surface area contributed by atoms with Gasteiger partial charge in [0.15, 0.2) is 5.52 Å². The zero-order valence-corrected chi connectivity index (χ0v) is 14.2. The van der Waals surface area contributed by atoms with Crippen molar-refractivity contribution in [1.82, 2.24) is 14.9 Å². The third kappa shape index (κ3) is 2.80. The molecule has 130 valence electrons. The number of aliphatic hydroxyl groups excluding tert-OH is 1. The first-order valence-electron chi connectivity index (χ1n) is 8.30. The number of hydrogen-bond acceptors (Lipinski definition) is 5. The van der Waals surface area contributed by atoms with Crippen LogP contribution in [0.25, 0.3) is 22.2 Å². The molecule has 0 fully saturated rings. The Bertz CT molecular complexity index is 1100. The molecule has 0 saturated carbocycles. The monoisotopic (exact) mass is 347 g/mol. The molecule has 0 unspecified atom stereocenters. The van der Waals surface area contributed by atoms with Gasteiger partial charge in [-0.3, -0.25) is 4.79 Å². The van der Waals surface area contributed by atoms with Gasteiger partial charge < -0.3 is 9.63 Å². The number of fused-ring (bicyclic) bond motifs is 1. The molecule has 0 saturated heterocycles. The first-order chi connectivity index (χ1) is 12.6. The summed E-state index contributed by atoms with van der Waals surface area (Å²) >= 11 is 0. The predicted octanol–water partition coefficient (Wildman–Crippen LogP) is 3.09. The van der Waals surface area contributed by atoms with Crippen LogP contribution in [0.2, 0.25) is 0 Å². The summed E-state index contributed by atoms with van der Waals surface area (Å²) < 4.78 is 6.49. The van der Waals surface area contributed by atoms with Gasteiger partial charge in [-0.1, -0.05) is 65.8 Å². The summed E-state index contributed by atoms with van der Waals surface area (Å²) in [5.41, 5.74) is 2.02. The fourth-order valence-electron chi connectivity index (χ4n) is 3.00. The lowest BCUT2D eigenvalue weighted by molar-refractivity contribution is 0.149. The fourth-order valence-corrected chi connectivity index (χ4v) is 3.00. The van der Waals surface area contributed by atoms with Crippen molar-refractivity contribution in [2.75, 3.05) is 0 Å². The molecule has 0 aliphatic heterocycles. The Morgan fingerprint density at radius 3 is 2.42 bits per heavy atom. The van der Waals surface area contributed by atoms with Crippen molar-refractivity contribution < 1.29 is 9.63 Å². The third-order valence-electron chi connectivity index (χ3n) is 4.33. The van der Waals surface area contributed by atoms with Gasteiger partial charge in [-0.25, -0.2) is 4.68 Å². The van der Waals surface area contributed by atoms with Crippen molar-refractivity contribution in [3.8, 4) is 11.3 Å². The first kappa shape index (κ1) is 16.2. The Hall–Kier alpha value is -3.25. The van der Waals surface area contributed by atoms with Gasteiger partial charge in [0.2, 0.25) is 0 Å². The van der Waals surface area contributed by atoms with E-state index < -0.39 is 6.10 Å². The average Bonchev–Trinajstić information content (AvgIpc) is 3.07. The Kier molecular flexibility index (Phi) is 4.10. The van der Waals surface area contributed by atoms with E-state index in [1.54, 1.807) is 6.92 Å². The molecular weight excluding hydrogens is 330 g/mol. The van der Waals surface area contributed by atoms with Crippen LogP contribution in [0.15, 0.2) is 70.0 Å². The SMILES string of the molecule is Cc1onc2c(=O)n(C[C@@H](O)c3ccccc3)nc(-c3ccccc3)c12. The highest BCUT2D eigenvalue weighted by atomic mass is 16.5. The van der Waals surface area contributed by atoms with Gasteiger partial charge in [-0.05, 0) is 12.5 Å². The number of benzene rings is 2. The van der Waals surface area contributed by atoms with E-state index in [4.69, 9.17) is 4.52 Å². The van der Waals surface area contributed by atoms with Crippen LogP contribution in [0.1, 0.15) is 17.4 Å². The van der Waals surface area contributed by atoms with Crippen molar-refractivity contribution in [1.29, 1.82) is 0 Å². The van der Waals surface area contributed by atoms with E-state index in [-0.39, 0.29) is 17.6 Å². The van der Waals surface area contributed by atoms with Crippen molar-refractivity contribution in [2.24, 2.45) is 0 Å². The molecule has 0 radical (unpaired) electrons. The fraction of sp³-hybridized carbons (Fsp3) is 0.150. The summed E-state index contributed by atoms with van der Waals surface area (Å²) in [5.74, 6) is 0.541. The van der Waals surface area contributed by atoms with Crippen LogP contribution in [0.5, 0.6) is 0 Å². The zero-order chi connectivity index (χ0) is 18.1. The molecule has 0 bridgehead atoms. The minimum Gasteiger partial charge on any atom is -0.386 e. The standard InChI is InChI=1S/C20H17N3O3/c1-13-17-18(15-10-6-3-7-11-15)21-23(20(25)19(17)22-26-13)12-16(24)14-8-4-2-5-9-14/h2-11,16,24H,12H2,1H3/t16-/m1/s1. The molecule has 2 aromatic heterocycles. The molecule has 26 heavy (non-hydrogen) atoms. The normalized spacial score (nSPS) is 12.4. The smallest absolute Gasteiger partial charge is 0.296 e. The molecular formula is C20H17N3O3. The summed E-state index contributed by atoms with van der Waals surface area (Å²) in [6.45, 7) is 1.79. The lowest BCUT2D eigenvalue weighted by Crippen LogP contribution is -2.26. The summed E-state index contributed by atoms with van der Waals surface area (Å²) in [6.07, 6.45) is -0.851. The van der Waals surface area contributed by atoms with Gasteiger partial charge >= 0.3 is 0 Å². The molecule has 4 aromatic rings. The van der Waals surface area contributed by atoms with Gasteiger partial charge in [0.25, 0.3) is 5.56 Å². The molecule has 6 nitrogen and oxygen atoms in total. The molecule has 2 heterocycles. The maximum Gasteiger partial charge on any atom is 0.296 e. The summed E-state index contributed by atoms with van der Waals surface area (Å²) in [5, 5.41) is 19.5. The highest BCUT2D eigenvalue weighted by molar-refractivity contribution is 5.92. The highest BCUT2D eigenvalue weighted by Gasteiger charge is 2.20. The zero-order valence-electron chi connectivity index (χ0n) is 14.2. The number of nitrogens with zero attached hydrogens (tertiary/aromatic N) is 3. The maximum atomic E-state index is 12.8. The van der Waals surface area contributed by atoms with Crippen LogP contribution in [0.3, 0.4) is 0 Å². The molecule has 1 N–H and O–H groups in total. The molecule has 0 aliphatic carbocycles.